The molecular weight excluding hydrogens is 362 g/mol. The molecule has 0 bridgehead atoms. The molecule has 0 aromatic carbocycles. The van der Waals surface area contributed by atoms with Gasteiger partial charge in [0, 0.05) is 0 Å². The Kier molecular flexibility index (Phi) is 5.91. The fourth-order valence-electron chi connectivity index (χ4n) is 1.02. The third-order valence-electron chi connectivity index (χ3n) is 1.83. The first-order chi connectivity index (χ1) is 7.54. The van der Waals surface area contributed by atoms with E-state index in [1.54, 1.807) is 11.3 Å². The zero-order valence-corrected chi connectivity index (χ0v) is 12.5. The minimum Gasteiger partial charge on any atom is -0.467 e. The van der Waals surface area contributed by atoms with Crippen LogP contribution in [0.5, 0.6) is 0 Å². The van der Waals surface area contributed by atoms with Crippen molar-refractivity contribution >= 4 is 49.2 Å². The summed E-state index contributed by atoms with van der Waals surface area (Å²) < 4.78 is 11.5. The van der Waals surface area contributed by atoms with Crippen LogP contribution in [0.3, 0.4) is 0 Å². The van der Waals surface area contributed by atoms with Crippen LogP contribution >= 0.6 is 43.2 Å². The van der Waals surface area contributed by atoms with Crippen molar-refractivity contribution in [1.29, 1.82) is 0 Å². The molecule has 0 aliphatic carbocycles. The van der Waals surface area contributed by atoms with Crippen LogP contribution in [0, 0.1) is 0 Å². The van der Waals surface area contributed by atoms with E-state index in [-0.39, 0.29) is 19.3 Å². The number of rotatable bonds is 5. The highest BCUT2D eigenvalue weighted by Gasteiger charge is 2.14. The third-order valence-corrected chi connectivity index (χ3v) is 4.21. The molecule has 1 rings (SSSR count). The van der Waals surface area contributed by atoms with E-state index in [0.29, 0.717) is 0 Å². The van der Waals surface area contributed by atoms with Crippen LogP contribution in [0.2, 0.25) is 0 Å². The van der Waals surface area contributed by atoms with E-state index in [2.05, 4.69) is 36.6 Å². The van der Waals surface area contributed by atoms with Crippen LogP contribution < -0.4 is 5.73 Å². The molecule has 0 aliphatic heterocycles. The molecule has 4 nitrogen and oxygen atoms in total. The van der Waals surface area contributed by atoms with Crippen molar-refractivity contribution in [3.63, 3.8) is 0 Å². The number of methoxy groups -OCH3 is 1. The fourth-order valence-corrected chi connectivity index (χ4v) is 4.02. The van der Waals surface area contributed by atoms with Crippen LogP contribution in [0.25, 0.3) is 0 Å². The second-order valence-corrected chi connectivity index (χ2v) is 6.73. The molecule has 1 unspecified atom stereocenters. The first kappa shape index (κ1) is 14.1. The van der Waals surface area contributed by atoms with Gasteiger partial charge in [-0.1, -0.05) is 0 Å². The topological polar surface area (TPSA) is 61.5 Å². The Morgan fingerprint density at radius 2 is 2.31 bits per heavy atom. The summed E-state index contributed by atoms with van der Waals surface area (Å²) in [6.07, 6.45) is 0. The van der Waals surface area contributed by atoms with Gasteiger partial charge in [-0.25, -0.2) is 4.79 Å². The Labute approximate surface area is 114 Å². The van der Waals surface area contributed by atoms with Crippen molar-refractivity contribution in [3.8, 4) is 0 Å². The molecule has 0 spiro atoms. The summed E-state index contributed by atoms with van der Waals surface area (Å²) in [4.78, 5) is 10.8. The van der Waals surface area contributed by atoms with E-state index < -0.39 is 5.97 Å². The predicted molar refractivity (Wildman–Crippen MR) is 69.5 cm³/mol. The van der Waals surface area contributed by atoms with Gasteiger partial charge in [-0.15, -0.1) is 11.3 Å². The SMILES string of the molecule is COC(=O)COCC(N)c1cc(Br)sc1Br. The predicted octanol–water partition coefficient (Wildman–Crippen LogP) is 2.46. The Bertz CT molecular complexity index is 370. The van der Waals surface area contributed by atoms with Gasteiger partial charge in [-0.3, -0.25) is 0 Å². The van der Waals surface area contributed by atoms with E-state index in [4.69, 9.17) is 10.5 Å². The molecule has 0 saturated carbocycles. The lowest BCUT2D eigenvalue weighted by Crippen LogP contribution is -2.20. The largest absolute Gasteiger partial charge is 0.467 e. The van der Waals surface area contributed by atoms with E-state index in [1.165, 1.54) is 7.11 Å². The highest BCUT2D eigenvalue weighted by atomic mass is 79.9. The molecule has 16 heavy (non-hydrogen) atoms. The maximum absolute atomic E-state index is 10.8. The normalized spacial score (nSPS) is 12.5. The van der Waals surface area contributed by atoms with Gasteiger partial charge in [-0.05, 0) is 43.5 Å². The molecular formula is C9H11Br2NO3S. The molecule has 1 aromatic rings. The minimum atomic E-state index is -0.405. The number of hydrogen-bond donors (Lipinski definition) is 1. The van der Waals surface area contributed by atoms with E-state index in [9.17, 15) is 4.79 Å². The lowest BCUT2D eigenvalue weighted by molar-refractivity contribution is -0.146. The highest BCUT2D eigenvalue weighted by Crippen LogP contribution is 2.34. The molecule has 7 heteroatoms. The van der Waals surface area contributed by atoms with Gasteiger partial charge >= 0.3 is 5.97 Å². The van der Waals surface area contributed by atoms with E-state index >= 15 is 0 Å². The van der Waals surface area contributed by atoms with Crippen LogP contribution in [0.15, 0.2) is 13.6 Å². The number of esters is 1. The quantitative estimate of drug-likeness (QED) is 0.806. The molecule has 0 fully saturated rings. The second-order valence-electron chi connectivity index (χ2n) is 2.98. The van der Waals surface area contributed by atoms with Crippen molar-refractivity contribution in [2.24, 2.45) is 5.73 Å². The van der Waals surface area contributed by atoms with Crippen LogP contribution in [0.4, 0.5) is 0 Å². The zero-order chi connectivity index (χ0) is 12.1. The smallest absolute Gasteiger partial charge is 0.331 e. The number of ether oxygens (including phenoxy) is 2. The number of nitrogens with two attached hydrogens (primary N) is 1. The standard InChI is InChI=1S/C9H11Br2NO3S/c1-14-8(13)4-15-3-6(12)5-2-7(10)16-9(5)11/h2,6H,3-4,12H2,1H3. The number of carbonyl (C=O) groups is 1. The summed E-state index contributed by atoms with van der Waals surface area (Å²) in [5, 5.41) is 0. The van der Waals surface area contributed by atoms with Gasteiger partial charge in [-0.2, -0.15) is 0 Å². The van der Waals surface area contributed by atoms with Gasteiger partial charge in [0.1, 0.15) is 6.61 Å². The first-order valence-electron chi connectivity index (χ1n) is 4.39. The summed E-state index contributed by atoms with van der Waals surface area (Å²) in [5.41, 5.74) is 6.88. The summed E-state index contributed by atoms with van der Waals surface area (Å²) in [7, 11) is 1.32. The summed E-state index contributed by atoms with van der Waals surface area (Å²) in [5.74, 6) is -0.405. The number of carbonyl (C=O) groups excluding carboxylic acids is 1. The number of hydrogen-bond acceptors (Lipinski definition) is 5. The van der Waals surface area contributed by atoms with E-state index in [1.807, 2.05) is 6.07 Å². The summed E-state index contributed by atoms with van der Waals surface area (Å²) >= 11 is 8.33. The van der Waals surface area contributed by atoms with E-state index in [0.717, 1.165) is 13.1 Å². The van der Waals surface area contributed by atoms with Crippen molar-refractivity contribution in [3.05, 3.63) is 19.2 Å². The third kappa shape index (κ3) is 4.14. The Balaban J connectivity index is 2.43. The average molecular weight is 373 g/mol. The molecule has 0 saturated heterocycles. The molecule has 2 N–H and O–H groups in total. The molecule has 90 valence electrons. The van der Waals surface area contributed by atoms with Crippen molar-refractivity contribution in [1.82, 2.24) is 0 Å². The number of halogens is 2. The molecule has 0 aliphatic rings. The van der Waals surface area contributed by atoms with Crippen LogP contribution in [0.1, 0.15) is 11.6 Å². The van der Waals surface area contributed by atoms with Crippen LogP contribution in [-0.2, 0) is 14.3 Å². The van der Waals surface area contributed by atoms with Crippen molar-refractivity contribution < 1.29 is 14.3 Å². The Morgan fingerprint density at radius 3 is 2.81 bits per heavy atom. The zero-order valence-electron chi connectivity index (χ0n) is 8.54. The van der Waals surface area contributed by atoms with Crippen LogP contribution in [-0.4, -0.2) is 26.3 Å². The molecule has 1 aromatic heterocycles. The lowest BCUT2D eigenvalue weighted by Gasteiger charge is -2.10. The molecule has 1 heterocycles. The number of thiophene rings is 1. The summed E-state index contributed by atoms with van der Waals surface area (Å²) in [6.45, 7) is 0.198. The maximum Gasteiger partial charge on any atom is 0.331 e. The van der Waals surface area contributed by atoms with Gasteiger partial charge in [0.25, 0.3) is 0 Å². The monoisotopic (exact) mass is 371 g/mol. The highest BCUT2D eigenvalue weighted by molar-refractivity contribution is 9.12. The van der Waals surface area contributed by atoms with Gasteiger partial charge in [0.2, 0.25) is 0 Å². The maximum atomic E-state index is 10.8. The average Bonchev–Trinajstić information content (AvgIpc) is 2.57. The van der Waals surface area contributed by atoms with Gasteiger partial charge in [0.05, 0.1) is 27.3 Å². The van der Waals surface area contributed by atoms with Crippen molar-refractivity contribution in [2.45, 2.75) is 6.04 Å². The van der Waals surface area contributed by atoms with Crippen molar-refractivity contribution in [2.75, 3.05) is 20.3 Å². The van der Waals surface area contributed by atoms with Gasteiger partial charge < -0.3 is 15.2 Å². The Morgan fingerprint density at radius 1 is 1.62 bits per heavy atom. The lowest BCUT2D eigenvalue weighted by atomic mass is 10.2. The molecule has 0 amide bonds. The minimum absolute atomic E-state index is 0.0763. The Hall–Kier alpha value is 0.0500. The summed E-state index contributed by atoms with van der Waals surface area (Å²) in [6, 6.07) is 1.67. The molecule has 1 atom stereocenters. The first-order valence-corrected chi connectivity index (χ1v) is 6.79. The molecule has 0 radical (unpaired) electrons. The second kappa shape index (κ2) is 6.70. The van der Waals surface area contributed by atoms with Gasteiger partial charge in [0.15, 0.2) is 0 Å². The fraction of sp³-hybridized carbons (Fsp3) is 0.444.